The minimum Gasteiger partial charge on any atom is -0.481 e. The average Bonchev–Trinajstić information content (AvgIpc) is 2.48. The van der Waals surface area contributed by atoms with Crippen LogP contribution in [-0.2, 0) is 15.0 Å². The van der Waals surface area contributed by atoms with Gasteiger partial charge in [-0.05, 0) is 31.1 Å². The van der Waals surface area contributed by atoms with Crippen molar-refractivity contribution in [3.63, 3.8) is 0 Å². The summed E-state index contributed by atoms with van der Waals surface area (Å²) in [6.07, 6.45) is 3.69. The second-order valence-electron chi connectivity index (χ2n) is 6.58. The van der Waals surface area contributed by atoms with E-state index in [4.69, 9.17) is 5.11 Å². The monoisotopic (exact) mass is 318 g/mol. The Labute approximate surface area is 127 Å². The standard InChI is InChI=1S/C14H26N2O4S/c1-3-14(2)6-10-16(11-7-14)21(19,20)15-8-4-12(5-9-15)13(17)18/h12H,3-11H2,1-2H3,(H,17,18). The van der Waals surface area contributed by atoms with Crippen molar-refractivity contribution in [2.24, 2.45) is 11.3 Å². The molecule has 21 heavy (non-hydrogen) atoms. The molecule has 0 radical (unpaired) electrons. The largest absolute Gasteiger partial charge is 0.481 e. The lowest BCUT2D eigenvalue weighted by Crippen LogP contribution is -2.51. The molecule has 2 heterocycles. The van der Waals surface area contributed by atoms with E-state index in [1.165, 1.54) is 4.31 Å². The van der Waals surface area contributed by atoms with E-state index in [0.717, 1.165) is 19.3 Å². The van der Waals surface area contributed by atoms with Gasteiger partial charge in [0.15, 0.2) is 0 Å². The van der Waals surface area contributed by atoms with E-state index in [2.05, 4.69) is 13.8 Å². The van der Waals surface area contributed by atoms with Gasteiger partial charge in [-0.25, -0.2) is 0 Å². The molecule has 0 amide bonds. The molecule has 2 aliphatic heterocycles. The summed E-state index contributed by atoms with van der Waals surface area (Å²) in [5.74, 6) is -1.22. The molecule has 2 fully saturated rings. The number of hydrogen-bond donors (Lipinski definition) is 1. The summed E-state index contributed by atoms with van der Waals surface area (Å²) in [5, 5.41) is 8.98. The van der Waals surface area contributed by atoms with Gasteiger partial charge in [0.1, 0.15) is 0 Å². The van der Waals surface area contributed by atoms with Gasteiger partial charge in [-0.2, -0.15) is 17.0 Å². The van der Waals surface area contributed by atoms with Gasteiger partial charge in [0.25, 0.3) is 10.2 Å². The Hall–Kier alpha value is -0.660. The van der Waals surface area contributed by atoms with E-state index in [-0.39, 0.29) is 5.41 Å². The van der Waals surface area contributed by atoms with Crippen LogP contribution >= 0.6 is 0 Å². The van der Waals surface area contributed by atoms with Crippen LogP contribution in [0.5, 0.6) is 0 Å². The van der Waals surface area contributed by atoms with Crippen LogP contribution in [0.3, 0.4) is 0 Å². The second-order valence-corrected chi connectivity index (χ2v) is 8.51. The van der Waals surface area contributed by atoms with Crippen LogP contribution in [0.2, 0.25) is 0 Å². The number of aliphatic carboxylic acids is 1. The first-order chi connectivity index (χ1) is 9.78. The first-order valence-corrected chi connectivity index (χ1v) is 9.16. The molecular formula is C14H26N2O4S. The number of carboxylic acid groups (broad SMARTS) is 1. The fourth-order valence-electron chi connectivity index (χ4n) is 3.11. The highest BCUT2D eigenvalue weighted by Crippen LogP contribution is 2.35. The van der Waals surface area contributed by atoms with Crippen molar-refractivity contribution in [3.05, 3.63) is 0 Å². The van der Waals surface area contributed by atoms with E-state index in [1.807, 2.05) is 0 Å². The van der Waals surface area contributed by atoms with Crippen molar-refractivity contribution in [2.45, 2.75) is 46.0 Å². The highest BCUT2D eigenvalue weighted by molar-refractivity contribution is 7.86. The SMILES string of the molecule is CCC1(C)CCN(S(=O)(=O)N2CCC(C(=O)O)CC2)CC1. The number of hydrogen-bond acceptors (Lipinski definition) is 3. The van der Waals surface area contributed by atoms with Gasteiger partial charge in [-0.15, -0.1) is 0 Å². The Morgan fingerprint density at radius 1 is 1.14 bits per heavy atom. The van der Waals surface area contributed by atoms with E-state index >= 15 is 0 Å². The number of rotatable bonds is 4. The van der Waals surface area contributed by atoms with Crippen LogP contribution in [0.1, 0.15) is 46.0 Å². The smallest absolute Gasteiger partial charge is 0.306 e. The summed E-state index contributed by atoms with van der Waals surface area (Å²) in [5.41, 5.74) is 0.252. The summed E-state index contributed by atoms with van der Waals surface area (Å²) < 4.78 is 28.3. The fourth-order valence-corrected chi connectivity index (χ4v) is 4.75. The molecule has 2 saturated heterocycles. The minimum absolute atomic E-state index is 0.252. The quantitative estimate of drug-likeness (QED) is 0.853. The highest BCUT2D eigenvalue weighted by atomic mass is 32.2. The maximum absolute atomic E-state index is 12.6. The van der Waals surface area contributed by atoms with Gasteiger partial charge in [-0.1, -0.05) is 20.3 Å². The Balaban J connectivity index is 1.96. The van der Waals surface area contributed by atoms with Crippen molar-refractivity contribution in [1.29, 1.82) is 0 Å². The predicted molar refractivity (Wildman–Crippen MR) is 80.1 cm³/mol. The Morgan fingerprint density at radius 3 is 2.05 bits per heavy atom. The van der Waals surface area contributed by atoms with Crippen LogP contribution in [0, 0.1) is 11.3 Å². The topological polar surface area (TPSA) is 77.9 Å². The van der Waals surface area contributed by atoms with Gasteiger partial charge in [0.2, 0.25) is 0 Å². The number of carboxylic acids is 1. The summed E-state index contributed by atoms with van der Waals surface area (Å²) in [6.45, 7) is 6.16. The van der Waals surface area contributed by atoms with Gasteiger partial charge in [-0.3, -0.25) is 4.79 Å². The third-order valence-electron chi connectivity index (χ3n) is 5.24. The Bertz CT molecular complexity index is 475. The van der Waals surface area contributed by atoms with Gasteiger partial charge >= 0.3 is 5.97 Å². The fraction of sp³-hybridized carbons (Fsp3) is 0.929. The number of carbonyl (C=O) groups is 1. The summed E-state index contributed by atoms with van der Waals surface area (Å²) >= 11 is 0. The molecule has 0 aromatic heterocycles. The summed E-state index contributed by atoms with van der Waals surface area (Å²) in [4.78, 5) is 10.9. The van der Waals surface area contributed by atoms with Crippen molar-refractivity contribution in [3.8, 4) is 0 Å². The Morgan fingerprint density at radius 2 is 1.62 bits per heavy atom. The minimum atomic E-state index is -3.42. The van der Waals surface area contributed by atoms with Crippen LogP contribution in [0.25, 0.3) is 0 Å². The lowest BCUT2D eigenvalue weighted by molar-refractivity contribution is -0.142. The van der Waals surface area contributed by atoms with E-state index < -0.39 is 22.1 Å². The molecule has 2 aliphatic rings. The van der Waals surface area contributed by atoms with E-state index in [0.29, 0.717) is 39.0 Å². The van der Waals surface area contributed by atoms with Crippen LogP contribution in [-0.4, -0.2) is 54.3 Å². The molecule has 0 spiro atoms. The molecule has 0 unspecified atom stereocenters. The van der Waals surface area contributed by atoms with E-state index in [9.17, 15) is 13.2 Å². The van der Waals surface area contributed by atoms with E-state index in [1.54, 1.807) is 4.31 Å². The first kappa shape index (κ1) is 16.7. The summed E-state index contributed by atoms with van der Waals surface area (Å²) in [6, 6.07) is 0. The molecule has 2 rings (SSSR count). The van der Waals surface area contributed by atoms with Crippen molar-refractivity contribution in [1.82, 2.24) is 8.61 Å². The van der Waals surface area contributed by atoms with Gasteiger partial charge < -0.3 is 5.11 Å². The predicted octanol–water partition coefficient (Wildman–Crippen LogP) is 1.54. The van der Waals surface area contributed by atoms with Crippen LogP contribution < -0.4 is 0 Å². The zero-order chi connectivity index (χ0) is 15.7. The van der Waals surface area contributed by atoms with Crippen molar-refractivity contribution in [2.75, 3.05) is 26.2 Å². The molecule has 0 saturated carbocycles. The second kappa shape index (κ2) is 6.22. The molecule has 7 heteroatoms. The summed E-state index contributed by atoms with van der Waals surface area (Å²) in [7, 11) is -3.42. The molecule has 122 valence electrons. The average molecular weight is 318 g/mol. The van der Waals surface area contributed by atoms with Gasteiger partial charge in [0, 0.05) is 26.2 Å². The van der Waals surface area contributed by atoms with Crippen LogP contribution in [0.4, 0.5) is 0 Å². The molecule has 1 N–H and O–H groups in total. The molecule has 0 aromatic rings. The van der Waals surface area contributed by atoms with Gasteiger partial charge in [0.05, 0.1) is 5.92 Å². The van der Waals surface area contributed by atoms with Crippen molar-refractivity contribution < 1.29 is 18.3 Å². The molecule has 6 nitrogen and oxygen atoms in total. The maximum atomic E-state index is 12.6. The molecular weight excluding hydrogens is 292 g/mol. The highest BCUT2D eigenvalue weighted by Gasteiger charge is 2.38. The molecule has 0 atom stereocenters. The van der Waals surface area contributed by atoms with Crippen molar-refractivity contribution >= 4 is 16.2 Å². The lowest BCUT2D eigenvalue weighted by atomic mass is 9.79. The third-order valence-corrected chi connectivity index (χ3v) is 7.27. The molecule has 0 aliphatic carbocycles. The Kier molecular flexibility index (Phi) is 4.95. The zero-order valence-electron chi connectivity index (χ0n) is 12.9. The zero-order valence-corrected chi connectivity index (χ0v) is 13.7. The molecule has 0 aromatic carbocycles. The first-order valence-electron chi connectivity index (χ1n) is 7.76. The lowest BCUT2D eigenvalue weighted by Gasteiger charge is -2.41. The van der Waals surface area contributed by atoms with Crippen LogP contribution in [0.15, 0.2) is 0 Å². The molecule has 0 bridgehead atoms. The number of piperidine rings is 2. The normalized spacial score (nSPS) is 25.8. The maximum Gasteiger partial charge on any atom is 0.306 e. The number of nitrogens with zero attached hydrogens (tertiary/aromatic N) is 2. The third kappa shape index (κ3) is 3.57.